The van der Waals surface area contributed by atoms with Gasteiger partial charge >= 0.3 is 0 Å². The summed E-state index contributed by atoms with van der Waals surface area (Å²) < 4.78 is 5.40. The first-order valence-electron chi connectivity index (χ1n) is 5.45. The summed E-state index contributed by atoms with van der Waals surface area (Å²) >= 11 is 0. The average Bonchev–Trinajstić information content (AvgIpc) is 2.16. The fourth-order valence-electron chi connectivity index (χ4n) is 1.88. The van der Waals surface area contributed by atoms with Gasteiger partial charge in [-0.05, 0) is 24.8 Å². The fraction of sp³-hybridized carbons (Fsp3) is 0.538. The maximum atomic E-state index is 6.16. The van der Waals surface area contributed by atoms with Crippen molar-refractivity contribution in [3.63, 3.8) is 0 Å². The van der Waals surface area contributed by atoms with Crippen molar-refractivity contribution in [2.24, 2.45) is 11.7 Å². The highest BCUT2D eigenvalue weighted by molar-refractivity contribution is 5.42. The van der Waals surface area contributed by atoms with E-state index in [1.807, 2.05) is 19.1 Å². The topological polar surface area (TPSA) is 35.2 Å². The quantitative estimate of drug-likeness (QED) is 0.823. The van der Waals surface area contributed by atoms with E-state index in [1.54, 1.807) is 7.11 Å². The van der Waals surface area contributed by atoms with Crippen molar-refractivity contribution in [3.8, 4) is 5.75 Å². The van der Waals surface area contributed by atoms with Gasteiger partial charge in [0.2, 0.25) is 0 Å². The summed E-state index contributed by atoms with van der Waals surface area (Å²) in [7, 11) is 1.70. The number of methoxy groups -OCH3 is 1. The molecule has 1 rings (SSSR count). The maximum Gasteiger partial charge on any atom is 0.126 e. The summed E-state index contributed by atoms with van der Waals surface area (Å²) in [6.45, 7) is 6.41. The van der Waals surface area contributed by atoms with E-state index in [0.29, 0.717) is 5.92 Å². The van der Waals surface area contributed by atoms with Crippen molar-refractivity contribution < 1.29 is 4.74 Å². The molecule has 0 saturated heterocycles. The van der Waals surface area contributed by atoms with Crippen LogP contribution >= 0.6 is 0 Å². The van der Waals surface area contributed by atoms with Gasteiger partial charge in [0.25, 0.3) is 0 Å². The maximum absolute atomic E-state index is 6.16. The van der Waals surface area contributed by atoms with Crippen molar-refractivity contribution in [2.45, 2.75) is 33.2 Å². The molecule has 2 N–H and O–H groups in total. The van der Waals surface area contributed by atoms with Crippen molar-refractivity contribution in [2.75, 3.05) is 7.11 Å². The van der Waals surface area contributed by atoms with Crippen LogP contribution in [0.2, 0.25) is 0 Å². The van der Waals surface area contributed by atoms with Gasteiger partial charge in [-0.2, -0.15) is 0 Å². The Labute approximate surface area is 92.4 Å². The summed E-state index contributed by atoms with van der Waals surface area (Å²) in [6.07, 6.45) is 0.986. The van der Waals surface area contributed by atoms with Crippen molar-refractivity contribution in [1.82, 2.24) is 0 Å². The molecular weight excluding hydrogens is 186 g/mol. The predicted molar refractivity (Wildman–Crippen MR) is 64.1 cm³/mol. The second-order valence-electron chi connectivity index (χ2n) is 4.43. The van der Waals surface area contributed by atoms with Gasteiger partial charge in [-0.1, -0.05) is 32.0 Å². The first-order chi connectivity index (χ1) is 7.06. The highest BCUT2D eigenvalue weighted by Crippen LogP contribution is 2.30. The SMILES string of the molecule is COc1c(C)cccc1C(N)CC(C)C. The molecule has 0 amide bonds. The average molecular weight is 207 g/mol. The molecule has 0 aliphatic carbocycles. The second kappa shape index (κ2) is 5.17. The molecule has 84 valence electrons. The van der Waals surface area contributed by atoms with Crippen LogP contribution in [-0.4, -0.2) is 7.11 Å². The largest absolute Gasteiger partial charge is 0.496 e. The molecule has 2 nitrogen and oxygen atoms in total. The van der Waals surface area contributed by atoms with Gasteiger partial charge in [-0.3, -0.25) is 0 Å². The number of hydrogen-bond donors (Lipinski definition) is 1. The van der Waals surface area contributed by atoms with E-state index < -0.39 is 0 Å². The molecule has 0 spiro atoms. The molecule has 0 bridgehead atoms. The zero-order chi connectivity index (χ0) is 11.4. The Kier molecular flexibility index (Phi) is 4.15. The molecule has 0 aliphatic rings. The van der Waals surface area contributed by atoms with Crippen LogP contribution in [0.15, 0.2) is 18.2 Å². The van der Waals surface area contributed by atoms with Crippen LogP contribution in [0.3, 0.4) is 0 Å². The van der Waals surface area contributed by atoms with E-state index >= 15 is 0 Å². The number of benzene rings is 1. The molecule has 1 atom stereocenters. The zero-order valence-corrected chi connectivity index (χ0v) is 10.1. The smallest absolute Gasteiger partial charge is 0.126 e. The van der Waals surface area contributed by atoms with Crippen molar-refractivity contribution >= 4 is 0 Å². The van der Waals surface area contributed by atoms with Crippen LogP contribution in [0.4, 0.5) is 0 Å². The fourth-order valence-corrected chi connectivity index (χ4v) is 1.88. The van der Waals surface area contributed by atoms with E-state index in [0.717, 1.165) is 23.3 Å². The summed E-state index contributed by atoms with van der Waals surface area (Å²) in [5.74, 6) is 1.54. The summed E-state index contributed by atoms with van der Waals surface area (Å²) in [5, 5.41) is 0. The molecule has 1 unspecified atom stereocenters. The Balaban J connectivity index is 2.97. The monoisotopic (exact) mass is 207 g/mol. The number of aryl methyl sites for hydroxylation is 1. The standard InChI is InChI=1S/C13H21NO/c1-9(2)8-12(14)11-7-5-6-10(3)13(11)15-4/h5-7,9,12H,8,14H2,1-4H3. The molecule has 0 fully saturated rings. The second-order valence-corrected chi connectivity index (χ2v) is 4.43. The van der Waals surface area contributed by atoms with Crippen molar-refractivity contribution in [3.05, 3.63) is 29.3 Å². The minimum absolute atomic E-state index is 0.0693. The number of hydrogen-bond acceptors (Lipinski definition) is 2. The van der Waals surface area contributed by atoms with Crippen LogP contribution in [0.1, 0.15) is 37.4 Å². The van der Waals surface area contributed by atoms with Gasteiger partial charge in [0.05, 0.1) is 7.11 Å². The van der Waals surface area contributed by atoms with Gasteiger partial charge in [-0.15, -0.1) is 0 Å². The first-order valence-corrected chi connectivity index (χ1v) is 5.45. The molecule has 1 aromatic rings. The molecule has 2 heteroatoms. The highest BCUT2D eigenvalue weighted by atomic mass is 16.5. The summed E-state index contributed by atoms with van der Waals surface area (Å²) in [6, 6.07) is 6.20. The first kappa shape index (κ1) is 12.1. The lowest BCUT2D eigenvalue weighted by Gasteiger charge is -2.18. The van der Waals surface area contributed by atoms with Gasteiger partial charge in [-0.25, -0.2) is 0 Å². The Morgan fingerprint density at radius 2 is 2.00 bits per heavy atom. The van der Waals surface area contributed by atoms with Gasteiger partial charge in [0, 0.05) is 11.6 Å². The van der Waals surface area contributed by atoms with E-state index in [4.69, 9.17) is 10.5 Å². The Morgan fingerprint density at radius 1 is 1.33 bits per heavy atom. The van der Waals surface area contributed by atoms with Crippen LogP contribution < -0.4 is 10.5 Å². The predicted octanol–water partition coefficient (Wildman–Crippen LogP) is 3.05. The minimum atomic E-state index is 0.0693. The lowest BCUT2D eigenvalue weighted by Crippen LogP contribution is -2.14. The number of ether oxygens (including phenoxy) is 1. The third-order valence-corrected chi connectivity index (χ3v) is 2.57. The van der Waals surface area contributed by atoms with E-state index in [1.165, 1.54) is 0 Å². The minimum Gasteiger partial charge on any atom is -0.496 e. The molecule has 15 heavy (non-hydrogen) atoms. The third kappa shape index (κ3) is 2.96. The molecule has 0 heterocycles. The van der Waals surface area contributed by atoms with E-state index in [2.05, 4.69) is 19.9 Å². The number of rotatable bonds is 4. The lowest BCUT2D eigenvalue weighted by molar-refractivity contribution is 0.396. The van der Waals surface area contributed by atoms with Crippen molar-refractivity contribution in [1.29, 1.82) is 0 Å². The number of para-hydroxylation sites is 1. The van der Waals surface area contributed by atoms with E-state index in [9.17, 15) is 0 Å². The highest BCUT2D eigenvalue weighted by Gasteiger charge is 2.14. The van der Waals surface area contributed by atoms with Gasteiger partial charge in [0.1, 0.15) is 5.75 Å². The molecule has 0 aliphatic heterocycles. The molecule has 0 radical (unpaired) electrons. The Hall–Kier alpha value is -1.02. The van der Waals surface area contributed by atoms with E-state index in [-0.39, 0.29) is 6.04 Å². The van der Waals surface area contributed by atoms with Crippen LogP contribution in [0.25, 0.3) is 0 Å². The number of nitrogens with two attached hydrogens (primary N) is 1. The van der Waals surface area contributed by atoms with Crippen LogP contribution in [-0.2, 0) is 0 Å². The summed E-state index contributed by atoms with van der Waals surface area (Å²) in [5.41, 5.74) is 8.43. The van der Waals surface area contributed by atoms with Crippen LogP contribution in [0, 0.1) is 12.8 Å². The van der Waals surface area contributed by atoms with Crippen LogP contribution in [0.5, 0.6) is 5.75 Å². The Morgan fingerprint density at radius 3 is 2.53 bits per heavy atom. The normalized spacial score (nSPS) is 12.9. The lowest BCUT2D eigenvalue weighted by atomic mass is 9.96. The summed E-state index contributed by atoms with van der Waals surface area (Å²) in [4.78, 5) is 0. The molecular formula is C13H21NO. The zero-order valence-electron chi connectivity index (χ0n) is 10.1. The van der Waals surface area contributed by atoms with Gasteiger partial charge in [0.15, 0.2) is 0 Å². The van der Waals surface area contributed by atoms with Gasteiger partial charge < -0.3 is 10.5 Å². The molecule has 0 aromatic heterocycles. The molecule has 1 aromatic carbocycles. The third-order valence-electron chi connectivity index (χ3n) is 2.57. The Bertz CT molecular complexity index is 320. The molecule has 0 saturated carbocycles.